The van der Waals surface area contributed by atoms with E-state index in [1.165, 1.54) is 12.1 Å². The summed E-state index contributed by atoms with van der Waals surface area (Å²) in [6.45, 7) is 0. The van der Waals surface area contributed by atoms with Gasteiger partial charge in [0.25, 0.3) is 0 Å². The molecule has 0 aromatic heterocycles. The number of benzene rings is 1. The summed E-state index contributed by atoms with van der Waals surface area (Å²) < 4.78 is 12.9. The van der Waals surface area contributed by atoms with Gasteiger partial charge in [0, 0.05) is 0 Å². The van der Waals surface area contributed by atoms with E-state index >= 15 is 0 Å². The van der Waals surface area contributed by atoms with E-state index in [4.69, 9.17) is 22.0 Å². The number of nitrogens with zero attached hydrogens (tertiary/aromatic N) is 1. The molecule has 0 radical (unpaired) electrons. The summed E-state index contributed by atoms with van der Waals surface area (Å²) in [5.74, 6) is -3.40. The van der Waals surface area contributed by atoms with Crippen LogP contribution in [0.2, 0.25) is 5.02 Å². The lowest BCUT2D eigenvalue weighted by atomic mass is 10.0. The largest absolute Gasteiger partial charge is 0.480 e. The molecule has 14 heavy (non-hydrogen) atoms. The molecule has 1 aromatic carbocycles. The molecule has 0 fully saturated rings. The molecule has 1 atom stereocenters. The number of nitriles is 1. The molecule has 0 aliphatic heterocycles. The molecule has 5 heteroatoms. The van der Waals surface area contributed by atoms with E-state index in [0.717, 1.165) is 6.07 Å². The van der Waals surface area contributed by atoms with Crippen molar-refractivity contribution in [2.75, 3.05) is 0 Å². The van der Waals surface area contributed by atoms with E-state index in [1.807, 2.05) is 0 Å². The van der Waals surface area contributed by atoms with Gasteiger partial charge in [-0.2, -0.15) is 5.26 Å². The molecule has 1 aromatic rings. The van der Waals surface area contributed by atoms with Gasteiger partial charge in [-0.05, 0) is 17.7 Å². The Bertz CT molecular complexity index is 414. The Balaban J connectivity index is 3.14. The summed E-state index contributed by atoms with van der Waals surface area (Å²) in [7, 11) is 0. The second-order valence-electron chi connectivity index (χ2n) is 2.57. The Kier molecular flexibility index (Phi) is 3.05. The average molecular weight is 214 g/mol. The van der Waals surface area contributed by atoms with Crippen LogP contribution >= 0.6 is 11.6 Å². The van der Waals surface area contributed by atoms with Crippen LogP contribution in [0.3, 0.4) is 0 Å². The SMILES string of the molecule is N#CC(C(=O)O)c1ccc(Cl)c(F)c1. The highest BCUT2D eigenvalue weighted by atomic mass is 35.5. The van der Waals surface area contributed by atoms with Gasteiger partial charge in [-0.15, -0.1) is 0 Å². The predicted octanol–water partition coefficient (Wildman–Crippen LogP) is 2.17. The zero-order chi connectivity index (χ0) is 10.7. The second-order valence-corrected chi connectivity index (χ2v) is 2.98. The number of carboxylic acid groups (broad SMARTS) is 1. The van der Waals surface area contributed by atoms with Gasteiger partial charge in [0.15, 0.2) is 5.92 Å². The van der Waals surface area contributed by atoms with Crippen molar-refractivity contribution in [3.63, 3.8) is 0 Å². The summed E-state index contributed by atoms with van der Waals surface area (Å²) in [5, 5.41) is 17.0. The van der Waals surface area contributed by atoms with Crippen molar-refractivity contribution < 1.29 is 14.3 Å². The third kappa shape index (κ3) is 2.01. The minimum absolute atomic E-state index is 0.0851. The standard InChI is InChI=1S/C9H5ClFNO2/c10-7-2-1-5(3-8(7)11)6(4-12)9(13)14/h1-3,6H,(H,13,14). The lowest BCUT2D eigenvalue weighted by Crippen LogP contribution is -2.09. The fraction of sp³-hybridized carbons (Fsp3) is 0.111. The fourth-order valence-corrected chi connectivity index (χ4v) is 1.08. The van der Waals surface area contributed by atoms with E-state index in [2.05, 4.69) is 0 Å². The molecule has 0 saturated heterocycles. The molecule has 1 unspecified atom stereocenters. The maximum atomic E-state index is 12.9. The van der Waals surface area contributed by atoms with Crippen LogP contribution in [-0.2, 0) is 4.79 Å². The van der Waals surface area contributed by atoms with Gasteiger partial charge in [0.05, 0.1) is 11.1 Å². The van der Waals surface area contributed by atoms with Crippen LogP contribution in [0.25, 0.3) is 0 Å². The minimum atomic E-state index is -1.36. The van der Waals surface area contributed by atoms with Crippen molar-refractivity contribution in [3.8, 4) is 6.07 Å². The molecule has 0 amide bonds. The molecule has 1 rings (SSSR count). The smallest absolute Gasteiger partial charge is 0.325 e. The molecular weight excluding hydrogens is 209 g/mol. The minimum Gasteiger partial charge on any atom is -0.480 e. The number of carboxylic acids is 1. The van der Waals surface area contributed by atoms with E-state index in [1.54, 1.807) is 6.07 Å². The number of carbonyl (C=O) groups is 1. The average Bonchev–Trinajstić information content (AvgIpc) is 2.11. The lowest BCUT2D eigenvalue weighted by molar-refractivity contribution is -0.137. The van der Waals surface area contributed by atoms with E-state index in [9.17, 15) is 9.18 Å². The maximum Gasteiger partial charge on any atom is 0.325 e. The molecule has 1 N–H and O–H groups in total. The molecule has 3 nitrogen and oxygen atoms in total. The Morgan fingerprint density at radius 1 is 1.64 bits per heavy atom. The normalized spacial score (nSPS) is 11.8. The fourth-order valence-electron chi connectivity index (χ4n) is 0.964. The lowest BCUT2D eigenvalue weighted by Gasteiger charge is -2.04. The van der Waals surface area contributed by atoms with Crippen molar-refractivity contribution in [1.82, 2.24) is 0 Å². The van der Waals surface area contributed by atoms with Gasteiger partial charge in [-0.25, -0.2) is 4.39 Å². The summed E-state index contributed by atoms with van der Waals surface area (Å²) in [6.07, 6.45) is 0. The first-order chi connectivity index (χ1) is 6.56. The molecule has 0 saturated carbocycles. The first kappa shape index (κ1) is 10.5. The molecule has 0 spiro atoms. The van der Waals surface area contributed by atoms with Crippen LogP contribution in [0.4, 0.5) is 4.39 Å². The van der Waals surface area contributed by atoms with E-state index in [0.29, 0.717) is 0 Å². The third-order valence-electron chi connectivity index (χ3n) is 1.65. The number of hydrogen-bond acceptors (Lipinski definition) is 2. The van der Waals surface area contributed by atoms with Crippen LogP contribution in [0.1, 0.15) is 11.5 Å². The number of rotatable bonds is 2. The van der Waals surface area contributed by atoms with Gasteiger partial charge >= 0.3 is 5.97 Å². The van der Waals surface area contributed by atoms with E-state index < -0.39 is 17.7 Å². The number of hydrogen-bond donors (Lipinski definition) is 1. The van der Waals surface area contributed by atoms with Crippen LogP contribution < -0.4 is 0 Å². The molecule has 0 bridgehead atoms. The van der Waals surface area contributed by atoms with Crippen molar-refractivity contribution in [1.29, 1.82) is 5.26 Å². The Labute approximate surface area is 84.3 Å². The monoisotopic (exact) mass is 213 g/mol. The number of halogens is 2. The highest BCUT2D eigenvalue weighted by Crippen LogP contribution is 2.21. The van der Waals surface area contributed by atoms with Gasteiger partial charge in [0.2, 0.25) is 0 Å². The van der Waals surface area contributed by atoms with Crippen molar-refractivity contribution in [2.45, 2.75) is 5.92 Å². The summed E-state index contributed by atoms with van der Waals surface area (Å²) in [4.78, 5) is 10.5. The molecule has 0 aliphatic carbocycles. The van der Waals surface area contributed by atoms with Crippen LogP contribution in [0.15, 0.2) is 18.2 Å². The first-order valence-corrected chi connectivity index (χ1v) is 4.01. The zero-order valence-corrected chi connectivity index (χ0v) is 7.62. The topological polar surface area (TPSA) is 61.1 Å². The van der Waals surface area contributed by atoms with Gasteiger partial charge in [0.1, 0.15) is 5.82 Å². The Hall–Kier alpha value is -1.60. The summed E-state index contributed by atoms with van der Waals surface area (Å²) in [6, 6.07) is 5.04. The molecule has 0 heterocycles. The first-order valence-electron chi connectivity index (χ1n) is 3.63. The number of aliphatic carboxylic acids is 1. The third-order valence-corrected chi connectivity index (χ3v) is 1.96. The van der Waals surface area contributed by atoms with Crippen molar-refractivity contribution >= 4 is 17.6 Å². The van der Waals surface area contributed by atoms with Crippen molar-refractivity contribution in [3.05, 3.63) is 34.6 Å². The van der Waals surface area contributed by atoms with Gasteiger partial charge < -0.3 is 5.11 Å². The highest BCUT2D eigenvalue weighted by Gasteiger charge is 2.19. The van der Waals surface area contributed by atoms with Crippen LogP contribution in [0, 0.1) is 17.1 Å². The highest BCUT2D eigenvalue weighted by molar-refractivity contribution is 6.30. The summed E-state index contributed by atoms with van der Waals surface area (Å²) in [5.41, 5.74) is 0.0851. The predicted molar refractivity (Wildman–Crippen MR) is 47.4 cm³/mol. The molecule has 72 valence electrons. The van der Waals surface area contributed by atoms with E-state index in [-0.39, 0.29) is 10.6 Å². The van der Waals surface area contributed by atoms with Gasteiger partial charge in [-0.1, -0.05) is 17.7 Å². The van der Waals surface area contributed by atoms with Crippen LogP contribution in [-0.4, -0.2) is 11.1 Å². The molecule has 0 aliphatic rings. The molecular formula is C9H5ClFNO2. The zero-order valence-electron chi connectivity index (χ0n) is 6.87. The Morgan fingerprint density at radius 2 is 2.29 bits per heavy atom. The second kappa shape index (κ2) is 4.07. The van der Waals surface area contributed by atoms with Crippen LogP contribution in [0.5, 0.6) is 0 Å². The van der Waals surface area contributed by atoms with Crippen molar-refractivity contribution in [2.24, 2.45) is 0 Å². The Morgan fingerprint density at radius 3 is 2.71 bits per heavy atom. The maximum absolute atomic E-state index is 12.9. The summed E-state index contributed by atoms with van der Waals surface area (Å²) >= 11 is 5.40. The van der Waals surface area contributed by atoms with Gasteiger partial charge in [-0.3, -0.25) is 4.79 Å². The quantitative estimate of drug-likeness (QED) is 0.819.